The van der Waals surface area contributed by atoms with E-state index in [9.17, 15) is 24.0 Å². The predicted octanol–water partition coefficient (Wildman–Crippen LogP) is 0.430. The Kier molecular flexibility index (Phi) is 6.42. The van der Waals surface area contributed by atoms with Crippen molar-refractivity contribution in [2.24, 2.45) is 5.92 Å². The van der Waals surface area contributed by atoms with Crippen LogP contribution in [0, 0.1) is 16.9 Å². The second-order valence-electron chi connectivity index (χ2n) is 7.55. The van der Waals surface area contributed by atoms with E-state index >= 15 is 0 Å². The Morgan fingerprint density at radius 2 is 2.10 bits per heavy atom. The molecule has 3 rings (SSSR count). The maximum absolute atomic E-state index is 14.8. The highest BCUT2D eigenvalue weighted by Crippen LogP contribution is 2.31. The zero-order valence-corrected chi connectivity index (χ0v) is 16.7. The number of cyclic esters (lactones) is 1. The zero-order valence-electron chi connectivity index (χ0n) is 16.7. The van der Waals surface area contributed by atoms with Crippen molar-refractivity contribution in [2.75, 3.05) is 42.6 Å². The normalized spacial score (nSPS) is 23.5. The molecule has 1 aromatic rings. The molecule has 1 unspecified atom stereocenters. The van der Waals surface area contributed by atoms with Crippen LogP contribution in [-0.4, -0.2) is 73.0 Å². The molecule has 10 nitrogen and oxygen atoms in total. The summed E-state index contributed by atoms with van der Waals surface area (Å²) in [6.45, 7) is 3.09. The summed E-state index contributed by atoms with van der Waals surface area (Å²) < 4.78 is 19.9. The van der Waals surface area contributed by atoms with Gasteiger partial charge in [0.25, 0.3) is 0 Å². The molecule has 0 saturated carbocycles. The van der Waals surface area contributed by atoms with Crippen LogP contribution >= 0.6 is 0 Å². The average molecular weight is 423 g/mol. The quantitative estimate of drug-likeness (QED) is 0.636. The fourth-order valence-electron chi connectivity index (χ4n) is 3.66. The number of rotatable bonds is 6. The number of nitrogens with zero attached hydrogens (tertiary/aromatic N) is 3. The maximum atomic E-state index is 14.8. The van der Waals surface area contributed by atoms with Crippen LogP contribution in [0.5, 0.6) is 0 Å². The molecule has 0 aliphatic carbocycles. The molecular formula is C19H24FN4O6-. The van der Waals surface area contributed by atoms with Crippen LogP contribution in [0.4, 0.5) is 20.6 Å². The van der Waals surface area contributed by atoms with Crippen molar-refractivity contribution in [1.29, 1.82) is 0 Å². The van der Waals surface area contributed by atoms with E-state index < -0.39 is 36.4 Å². The average Bonchev–Trinajstić information content (AvgIpc) is 3.23. The van der Waals surface area contributed by atoms with Crippen molar-refractivity contribution < 1.29 is 28.6 Å². The zero-order chi connectivity index (χ0) is 22.0. The van der Waals surface area contributed by atoms with E-state index in [1.165, 1.54) is 11.0 Å². The van der Waals surface area contributed by atoms with Crippen LogP contribution < -0.4 is 15.1 Å². The number of amides is 3. The molecule has 0 spiro atoms. The minimum atomic E-state index is -0.794. The SMILES string of the molecule is CC(=O)N([O-])CC1CN(c2ccc(N3C[C@@H](C)[C@@H](NC(=O)CO)C3)c(F)c2)C(=O)O1. The Morgan fingerprint density at radius 3 is 2.73 bits per heavy atom. The lowest BCUT2D eigenvalue weighted by molar-refractivity contribution is -0.127. The standard InChI is InChI=1S/C19H24FN4O6/c1-11-6-22(9-16(11)21-18(27)10-25)17-4-3-13(5-15(17)20)23-7-14(30-19(23)28)8-24(29)12(2)26/h3-5,11,14,16,25H,6-10H2,1-2H3,(H,21,27)/q-1/t11-,14?,16+/m1/s1. The molecule has 3 amide bonds. The van der Waals surface area contributed by atoms with Crippen molar-refractivity contribution in [3.05, 3.63) is 29.2 Å². The molecule has 1 aromatic carbocycles. The van der Waals surface area contributed by atoms with Crippen molar-refractivity contribution in [3.63, 3.8) is 0 Å². The van der Waals surface area contributed by atoms with E-state index in [-0.39, 0.29) is 35.8 Å². The minimum Gasteiger partial charge on any atom is -0.756 e. The van der Waals surface area contributed by atoms with E-state index in [0.29, 0.717) is 18.8 Å². The first-order valence-electron chi connectivity index (χ1n) is 9.57. The molecule has 0 bridgehead atoms. The first-order chi connectivity index (χ1) is 14.2. The van der Waals surface area contributed by atoms with Gasteiger partial charge in [-0.1, -0.05) is 6.92 Å². The molecule has 30 heavy (non-hydrogen) atoms. The van der Waals surface area contributed by atoms with Gasteiger partial charge < -0.3 is 30.3 Å². The van der Waals surface area contributed by atoms with E-state index in [4.69, 9.17) is 9.84 Å². The Morgan fingerprint density at radius 1 is 1.37 bits per heavy atom. The van der Waals surface area contributed by atoms with E-state index in [1.807, 2.05) is 6.92 Å². The van der Waals surface area contributed by atoms with E-state index in [0.717, 1.165) is 6.92 Å². The molecule has 11 heteroatoms. The third-order valence-corrected chi connectivity index (χ3v) is 5.28. The van der Waals surface area contributed by atoms with Crippen LogP contribution in [-0.2, 0) is 14.3 Å². The lowest BCUT2D eigenvalue weighted by atomic mass is 10.1. The van der Waals surface area contributed by atoms with Crippen molar-refractivity contribution in [1.82, 2.24) is 10.4 Å². The predicted molar refractivity (Wildman–Crippen MR) is 105 cm³/mol. The third-order valence-electron chi connectivity index (χ3n) is 5.28. The number of anilines is 2. The van der Waals surface area contributed by atoms with Gasteiger partial charge in [-0.15, -0.1) is 0 Å². The molecule has 2 aliphatic heterocycles. The molecule has 164 valence electrons. The van der Waals surface area contributed by atoms with Gasteiger partial charge in [-0.05, 0) is 24.1 Å². The second-order valence-corrected chi connectivity index (χ2v) is 7.55. The van der Waals surface area contributed by atoms with Crippen LogP contribution in [0.2, 0.25) is 0 Å². The topological polar surface area (TPSA) is 125 Å². The molecule has 2 fully saturated rings. The molecule has 2 aliphatic rings. The van der Waals surface area contributed by atoms with Gasteiger partial charge in [0.15, 0.2) is 0 Å². The number of carbonyl (C=O) groups excluding carboxylic acids is 3. The maximum Gasteiger partial charge on any atom is 0.414 e. The molecule has 2 heterocycles. The van der Waals surface area contributed by atoms with E-state index in [2.05, 4.69) is 5.32 Å². The summed E-state index contributed by atoms with van der Waals surface area (Å²) in [5.74, 6) is -1.65. The van der Waals surface area contributed by atoms with Crippen LogP contribution in [0.15, 0.2) is 18.2 Å². The van der Waals surface area contributed by atoms with Crippen LogP contribution in [0.1, 0.15) is 13.8 Å². The first kappa shape index (κ1) is 21.8. The highest BCUT2D eigenvalue weighted by molar-refractivity contribution is 5.90. The van der Waals surface area contributed by atoms with Gasteiger partial charge >= 0.3 is 6.09 Å². The lowest BCUT2D eigenvalue weighted by Crippen LogP contribution is -2.41. The van der Waals surface area contributed by atoms with Crippen molar-refractivity contribution >= 4 is 29.3 Å². The second kappa shape index (κ2) is 8.84. The number of hydroxylamine groups is 2. The number of aliphatic hydroxyl groups excluding tert-OH is 1. The highest BCUT2D eigenvalue weighted by Gasteiger charge is 2.35. The number of carbonyl (C=O) groups is 3. The number of hydrogen-bond acceptors (Lipinski definition) is 7. The summed E-state index contributed by atoms with van der Waals surface area (Å²) in [6, 6.07) is 4.12. The van der Waals surface area contributed by atoms with Gasteiger partial charge in [0.05, 0.1) is 24.0 Å². The molecular weight excluding hydrogens is 399 g/mol. The number of hydrogen-bond donors (Lipinski definition) is 2. The molecule has 2 N–H and O–H groups in total. The largest absolute Gasteiger partial charge is 0.756 e. The molecule has 0 aromatic heterocycles. The molecule has 0 radical (unpaired) electrons. The van der Waals surface area contributed by atoms with Crippen LogP contribution in [0.3, 0.4) is 0 Å². The van der Waals surface area contributed by atoms with Crippen LogP contribution in [0.25, 0.3) is 0 Å². The van der Waals surface area contributed by atoms with Gasteiger partial charge in [-0.25, -0.2) is 9.18 Å². The fraction of sp³-hybridized carbons (Fsp3) is 0.526. The minimum absolute atomic E-state index is 0.0274. The first-order valence-corrected chi connectivity index (χ1v) is 9.57. The monoisotopic (exact) mass is 423 g/mol. The Labute approximate surface area is 172 Å². The lowest BCUT2D eigenvalue weighted by Gasteiger charge is -2.28. The van der Waals surface area contributed by atoms with Crippen molar-refractivity contribution in [3.8, 4) is 0 Å². The highest BCUT2D eigenvalue weighted by atomic mass is 19.1. The molecule has 2 saturated heterocycles. The third kappa shape index (κ3) is 4.62. The van der Waals surface area contributed by atoms with Gasteiger partial charge in [-0.2, -0.15) is 0 Å². The van der Waals surface area contributed by atoms with Gasteiger partial charge in [0.2, 0.25) is 11.8 Å². The summed E-state index contributed by atoms with van der Waals surface area (Å²) in [5, 5.41) is 23.3. The van der Waals surface area contributed by atoms with Gasteiger partial charge in [0.1, 0.15) is 18.5 Å². The summed E-state index contributed by atoms with van der Waals surface area (Å²) in [5.41, 5.74) is 0.610. The number of benzene rings is 1. The number of ether oxygens (including phenoxy) is 1. The number of halogens is 1. The summed E-state index contributed by atoms with van der Waals surface area (Å²) in [7, 11) is 0. The summed E-state index contributed by atoms with van der Waals surface area (Å²) >= 11 is 0. The molecule has 3 atom stereocenters. The smallest absolute Gasteiger partial charge is 0.414 e. The summed E-state index contributed by atoms with van der Waals surface area (Å²) in [6.07, 6.45) is -1.51. The number of aliphatic hydroxyl groups is 1. The van der Waals surface area contributed by atoms with Crippen molar-refractivity contribution in [2.45, 2.75) is 26.0 Å². The number of nitrogens with one attached hydrogen (secondary N) is 1. The van der Waals surface area contributed by atoms with Gasteiger partial charge in [-0.3, -0.25) is 14.5 Å². The Bertz CT molecular complexity index is 837. The Balaban J connectivity index is 1.68. The summed E-state index contributed by atoms with van der Waals surface area (Å²) in [4.78, 5) is 37.6. The fourth-order valence-corrected chi connectivity index (χ4v) is 3.66. The van der Waals surface area contributed by atoms with E-state index in [1.54, 1.807) is 17.0 Å². The Hall–Kier alpha value is -2.92. The van der Waals surface area contributed by atoms with Gasteiger partial charge in [0, 0.05) is 26.6 Å².